The SMILES string of the molecule is CCOc1ccc(C(=O)N(Cc2cccnc2)Cc2ccco2)cc1[N+](=O)[O-]. The number of pyridine rings is 1. The van der Waals surface area contributed by atoms with Gasteiger partial charge in [0.05, 0.1) is 24.3 Å². The summed E-state index contributed by atoms with van der Waals surface area (Å²) < 4.78 is 10.6. The molecule has 0 N–H and O–H groups in total. The summed E-state index contributed by atoms with van der Waals surface area (Å²) in [5.41, 5.74) is 0.792. The number of carbonyl (C=O) groups is 1. The van der Waals surface area contributed by atoms with Crippen LogP contribution < -0.4 is 4.74 Å². The second-order valence-electron chi connectivity index (χ2n) is 5.97. The molecular formula is C20H19N3O5. The number of amides is 1. The van der Waals surface area contributed by atoms with Crippen molar-refractivity contribution in [1.82, 2.24) is 9.88 Å². The van der Waals surface area contributed by atoms with Gasteiger partial charge in [-0.1, -0.05) is 6.07 Å². The molecule has 1 aromatic carbocycles. The van der Waals surface area contributed by atoms with E-state index in [0.717, 1.165) is 5.56 Å². The lowest BCUT2D eigenvalue weighted by atomic mass is 10.1. The standard InChI is InChI=1S/C20H19N3O5/c1-2-27-19-8-7-16(11-18(19)23(25)26)20(24)22(14-17-6-4-10-28-17)13-15-5-3-9-21-12-15/h3-12H,2,13-14H2,1H3. The quantitative estimate of drug-likeness (QED) is 0.434. The van der Waals surface area contributed by atoms with Crippen molar-refractivity contribution in [3.05, 3.63) is 88.1 Å². The first-order chi connectivity index (χ1) is 13.6. The fourth-order valence-electron chi connectivity index (χ4n) is 2.76. The number of aromatic nitrogens is 1. The van der Waals surface area contributed by atoms with Crippen molar-refractivity contribution >= 4 is 11.6 Å². The van der Waals surface area contributed by atoms with E-state index in [9.17, 15) is 14.9 Å². The van der Waals surface area contributed by atoms with Crippen LogP contribution in [0, 0.1) is 10.1 Å². The van der Waals surface area contributed by atoms with Gasteiger partial charge >= 0.3 is 5.69 Å². The third-order valence-corrected chi connectivity index (χ3v) is 4.01. The first-order valence-electron chi connectivity index (χ1n) is 8.70. The van der Waals surface area contributed by atoms with Gasteiger partial charge in [-0.2, -0.15) is 0 Å². The number of carbonyl (C=O) groups excluding carboxylic acids is 1. The van der Waals surface area contributed by atoms with E-state index < -0.39 is 4.92 Å². The molecule has 0 unspecified atom stereocenters. The van der Waals surface area contributed by atoms with E-state index in [2.05, 4.69) is 4.98 Å². The molecule has 3 rings (SSSR count). The maximum atomic E-state index is 13.1. The van der Waals surface area contributed by atoms with Crippen LogP contribution in [0.1, 0.15) is 28.6 Å². The zero-order valence-corrected chi connectivity index (χ0v) is 15.3. The van der Waals surface area contributed by atoms with Gasteiger partial charge in [0.1, 0.15) is 5.76 Å². The summed E-state index contributed by atoms with van der Waals surface area (Å²) in [6.45, 7) is 2.54. The van der Waals surface area contributed by atoms with Crippen LogP contribution in [0.4, 0.5) is 5.69 Å². The van der Waals surface area contributed by atoms with E-state index in [1.54, 1.807) is 42.4 Å². The summed E-state index contributed by atoms with van der Waals surface area (Å²) in [7, 11) is 0. The van der Waals surface area contributed by atoms with Crippen LogP contribution in [0.3, 0.4) is 0 Å². The van der Waals surface area contributed by atoms with Crippen LogP contribution >= 0.6 is 0 Å². The third kappa shape index (κ3) is 4.53. The van der Waals surface area contributed by atoms with Crippen molar-refractivity contribution in [3.63, 3.8) is 0 Å². The highest BCUT2D eigenvalue weighted by molar-refractivity contribution is 5.95. The number of hydrogen-bond donors (Lipinski definition) is 0. The molecule has 0 aliphatic rings. The van der Waals surface area contributed by atoms with Gasteiger partial charge in [0.2, 0.25) is 0 Å². The van der Waals surface area contributed by atoms with Crippen LogP contribution in [-0.2, 0) is 13.1 Å². The van der Waals surface area contributed by atoms with Gasteiger partial charge in [-0.25, -0.2) is 0 Å². The lowest BCUT2D eigenvalue weighted by Crippen LogP contribution is -2.30. The van der Waals surface area contributed by atoms with E-state index in [4.69, 9.17) is 9.15 Å². The Morgan fingerprint density at radius 3 is 2.75 bits per heavy atom. The van der Waals surface area contributed by atoms with Gasteiger partial charge in [-0.05, 0) is 42.8 Å². The first kappa shape index (κ1) is 19.1. The Hall–Kier alpha value is -3.68. The van der Waals surface area contributed by atoms with Crippen molar-refractivity contribution in [2.45, 2.75) is 20.0 Å². The summed E-state index contributed by atoms with van der Waals surface area (Å²) in [4.78, 5) is 29.5. The number of nitrogens with zero attached hydrogens (tertiary/aromatic N) is 3. The predicted molar refractivity (Wildman–Crippen MR) is 101 cm³/mol. The Kier molecular flexibility index (Phi) is 6.01. The first-order valence-corrected chi connectivity index (χ1v) is 8.70. The molecule has 0 bridgehead atoms. The number of nitro groups is 1. The molecule has 28 heavy (non-hydrogen) atoms. The van der Waals surface area contributed by atoms with Crippen molar-refractivity contribution in [2.24, 2.45) is 0 Å². The van der Waals surface area contributed by atoms with E-state index in [1.807, 2.05) is 6.07 Å². The zero-order chi connectivity index (χ0) is 19.9. The van der Waals surface area contributed by atoms with Crippen LogP contribution in [-0.4, -0.2) is 27.3 Å². The summed E-state index contributed by atoms with van der Waals surface area (Å²) in [5.74, 6) is 0.387. The highest BCUT2D eigenvalue weighted by atomic mass is 16.6. The molecule has 0 fully saturated rings. The molecule has 0 saturated carbocycles. The number of hydrogen-bond acceptors (Lipinski definition) is 6. The summed E-state index contributed by atoms with van der Waals surface area (Å²) in [6, 6.07) is 11.4. The number of benzene rings is 1. The average Bonchev–Trinajstić information content (AvgIpc) is 3.21. The number of furan rings is 1. The molecule has 0 spiro atoms. The molecule has 0 radical (unpaired) electrons. The van der Waals surface area contributed by atoms with Gasteiger partial charge < -0.3 is 14.1 Å². The van der Waals surface area contributed by atoms with E-state index in [-0.39, 0.29) is 36.0 Å². The zero-order valence-electron chi connectivity index (χ0n) is 15.3. The smallest absolute Gasteiger partial charge is 0.311 e. The third-order valence-electron chi connectivity index (χ3n) is 4.01. The lowest BCUT2D eigenvalue weighted by molar-refractivity contribution is -0.385. The van der Waals surface area contributed by atoms with Crippen molar-refractivity contribution in [3.8, 4) is 5.75 Å². The molecule has 1 amide bonds. The maximum absolute atomic E-state index is 13.1. The fourth-order valence-corrected chi connectivity index (χ4v) is 2.76. The largest absolute Gasteiger partial charge is 0.487 e. The van der Waals surface area contributed by atoms with Gasteiger partial charge in [0.25, 0.3) is 5.91 Å². The molecule has 2 aromatic heterocycles. The minimum atomic E-state index is -0.556. The van der Waals surface area contributed by atoms with Gasteiger partial charge in [-0.3, -0.25) is 19.9 Å². The molecule has 3 aromatic rings. The second-order valence-corrected chi connectivity index (χ2v) is 5.97. The van der Waals surface area contributed by atoms with Crippen LogP contribution in [0.5, 0.6) is 5.75 Å². The molecular weight excluding hydrogens is 362 g/mol. The molecule has 8 nitrogen and oxygen atoms in total. The average molecular weight is 381 g/mol. The molecule has 0 atom stereocenters. The van der Waals surface area contributed by atoms with Crippen LogP contribution in [0.2, 0.25) is 0 Å². The molecule has 0 aliphatic carbocycles. The molecule has 0 saturated heterocycles. The predicted octanol–water partition coefficient (Wildman–Crippen LogP) is 3.82. The molecule has 144 valence electrons. The highest BCUT2D eigenvalue weighted by Crippen LogP contribution is 2.29. The summed E-state index contributed by atoms with van der Waals surface area (Å²) in [6.07, 6.45) is 4.85. The van der Waals surface area contributed by atoms with Gasteiger partial charge in [0.15, 0.2) is 5.75 Å². The Labute approximate surface area is 161 Å². The van der Waals surface area contributed by atoms with Gasteiger partial charge in [-0.15, -0.1) is 0 Å². The molecule has 8 heteroatoms. The van der Waals surface area contributed by atoms with Crippen LogP contribution in [0.15, 0.2) is 65.5 Å². The van der Waals surface area contributed by atoms with E-state index in [1.165, 1.54) is 24.5 Å². The monoisotopic (exact) mass is 381 g/mol. The summed E-state index contributed by atoms with van der Waals surface area (Å²) >= 11 is 0. The van der Waals surface area contributed by atoms with E-state index in [0.29, 0.717) is 12.4 Å². The molecule has 2 heterocycles. The maximum Gasteiger partial charge on any atom is 0.311 e. The second kappa shape index (κ2) is 8.81. The number of ether oxygens (including phenoxy) is 1. The van der Waals surface area contributed by atoms with E-state index >= 15 is 0 Å². The lowest BCUT2D eigenvalue weighted by Gasteiger charge is -2.22. The van der Waals surface area contributed by atoms with Crippen molar-refractivity contribution in [2.75, 3.05) is 6.61 Å². The topological polar surface area (TPSA) is 98.7 Å². The minimum Gasteiger partial charge on any atom is -0.487 e. The Morgan fingerprint density at radius 1 is 1.25 bits per heavy atom. The Bertz CT molecular complexity index is 942. The Morgan fingerprint density at radius 2 is 2.11 bits per heavy atom. The van der Waals surface area contributed by atoms with Crippen LogP contribution in [0.25, 0.3) is 0 Å². The minimum absolute atomic E-state index is 0.133. The normalized spacial score (nSPS) is 10.5. The molecule has 0 aliphatic heterocycles. The number of nitro benzene ring substituents is 1. The highest BCUT2D eigenvalue weighted by Gasteiger charge is 2.23. The van der Waals surface area contributed by atoms with Crippen molar-refractivity contribution in [1.29, 1.82) is 0 Å². The number of rotatable bonds is 8. The van der Waals surface area contributed by atoms with Crippen molar-refractivity contribution < 1.29 is 18.9 Å². The fraction of sp³-hybridized carbons (Fsp3) is 0.200. The summed E-state index contributed by atoms with van der Waals surface area (Å²) in [5, 5.41) is 11.4. The van der Waals surface area contributed by atoms with Gasteiger partial charge in [0, 0.05) is 30.6 Å². The Balaban J connectivity index is 1.91.